The van der Waals surface area contributed by atoms with Crippen LogP contribution in [-0.4, -0.2) is 46.6 Å². The second-order valence-electron chi connectivity index (χ2n) is 7.91. The van der Waals surface area contributed by atoms with Crippen molar-refractivity contribution >= 4 is 39.4 Å². The number of carbonyl (C=O) groups is 2. The van der Waals surface area contributed by atoms with Gasteiger partial charge in [-0.3, -0.25) is 4.79 Å². The van der Waals surface area contributed by atoms with Crippen LogP contribution in [0.1, 0.15) is 23.2 Å². The first kappa shape index (κ1) is 20.0. The first-order chi connectivity index (χ1) is 15.5. The second-order valence-corrected chi connectivity index (χ2v) is 7.91. The third-order valence-electron chi connectivity index (χ3n) is 5.56. The number of H-pyrrole nitrogens is 1. The molecule has 8 heteroatoms. The number of hydrogen-bond donors (Lipinski definition) is 4. The van der Waals surface area contributed by atoms with Gasteiger partial charge in [-0.2, -0.15) is 0 Å². The Hall–Kier alpha value is -3.91. The Morgan fingerprint density at radius 3 is 2.78 bits per heavy atom. The number of amides is 1. The summed E-state index contributed by atoms with van der Waals surface area (Å²) in [6.45, 7) is 0.303. The molecule has 2 aromatic heterocycles. The summed E-state index contributed by atoms with van der Waals surface area (Å²) < 4.78 is 4.76. The molecule has 0 saturated heterocycles. The van der Waals surface area contributed by atoms with Crippen LogP contribution >= 0.6 is 0 Å². The fourth-order valence-corrected chi connectivity index (χ4v) is 3.76. The molecule has 0 radical (unpaired) electrons. The average Bonchev–Trinajstić information content (AvgIpc) is 3.57. The Labute approximate surface area is 183 Å². The first-order valence-electron chi connectivity index (χ1n) is 10.4. The van der Waals surface area contributed by atoms with Gasteiger partial charge in [0, 0.05) is 28.0 Å². The lowest BCUT2D eigenvalue weighted by atomic mass is 10.1. The average molecular weight is 430 g/mol. The van der Waals surface area contributed by atoms with Crippen LogP contribution in [0.25, 0.3) is 33.1 Å². The highest BCUT2D eigenvalue weighted by molar-refractivity contribution is 6.03. The van der Waals surface area contributed by atoms with E-state index in [1.165, 1.54) is 7.11 Å². The van der Waals surface area contributed by atoms with E-state index in [4.69, 9.17) is 9.72 Å². The van der Waals surface area contributed by atoms with E-state index >= 15 is 0 Å². The lowest BCUT2D eigenvalue weighted by Crippen LogP contribution is -2.29. The fourth-order valence-electron chi connectivity index (χ4n) is 3.76. The molecule has 32 heavy (non-hydrogen) atoms. The summed E-state index contributed by atoms with van der Waals surface area (Å²) in [5.74, 6) is -0.547. The number of rotatable bonds is 6. The van der Waals surface area contributed by atoms with Crippen LogP contribution in [-0.2, 0) is 9.53 Å². The molecule has 0 bridgehead atoms. The van der Waals surface area contributed by atoms with Crippen molar-refractivity contribution in [3.8, 4) is 17.1 Å². The molecule has 4 N–H and O–H groups in total. The van der Waals surface area contributed by atoms with Crippen molar-refractivity contribution in [2.75, 3.05) is 19.0 Å². The normalized spacial score (nSPS) is 13.4. The van der Waals surface area contributed by atoms with Gasteiger partial charge in [0.1, 0.15) is 0 Å². The number of benzene rings is 2. The van der Waals surface area contributed by atoms with Crippen LogP contribution in [0.3, 0.4) is 0 Å². The molecular weight excluding hydrogens is 408 g/mol. The minimum Gasteiger partial charge on any atom is -0.494 e. The Morgan fingerprint density at radius 2 is 2.00 bits per heavy atom. The summed E-state index contributed by atoms with van der Waals surface area (Å²) in [5, 5.41) is 18.2. The van der Waals surface area contributed by atoms with Gasteiger partial charge in [-0.1, -0.05) is 12.1 Å². The number of aromatic nitrogens is 2. The zero-order valence-corrected chi connectivity index (χ0v) is 17.4. The molecule has 1 aliphatic rings. The van der Waals surface area contributed by atoms with E-state index < -0.39 is 5.97 Å². The molecule has 4 aromatic rings. The van der Waals surface area contributed by atoms with E-state index in [2.05, 4.69) is 15.6 Å². The van der Waals surface area contributed by atoms with Crippen LogP contribution in [0.2, 0.25) is 0 Å². The standard InChI is InChI=1S/C24H22N4O4/c1-32-24(31)14-2-7-17-20(11-14)28-23(30)22(17)19-8-3-13-10-16(6-9-18(13)27-19)26-21(29)12-25-15-4-5-15/h2-3,6-11,15,25,28,30H,4-5,12H2,1H3,(H,26,29). The number of aromatic amines is 1. The highest BCUT2D eigenvalue weighted by Gasteiger charge is 2.21. The molecule has 1 amide bonds. The zero-order valence-electron chi connectivity index (χ0n) is 17.4. The van der Waals surface area contributed by atoms with Gasteiger partial charge in [0.05, 0.1) is 36.0 Å². The summed E-state index contributed by atoms with van der Waals surface area (Å²) in [4.78, 5) is 31.5. The van der Waals surface area contributed by atoms with Crippen LogP contribution in [0.15, 0.2) is 48.5 Å². The summed E-state index contributed by atoms with van der Waals surface area (Å²) in [6, 6.07) is 14.8. The van der Waals surface area contributed by atoms with Gasteiger partial charge in [-0.25, -0.2) is 9.78 Å². The smallest absolute Gasteiger partial charge is 0.337 e. The first-order valence-corrected chi connectivity index (χ1v) is 10.4. The number of fused-ring (bicyclic) bond motifs is 2. The van der Waals surface area contributed by atoms with E-state index in [0.717, 1.165) is 29.1 Å². The van der Waals surface area contributed by atoms with E-state index in [1.54, 1.807) is 18.2 Å². The largest absolute Gasteiger partial charge is 0.494 e. The molecule has 0 unspecified atom stereocenters. The van der Waals surface area contributed by atoms with Gasteiger partial charge in [0.2, 0.25) is 5.91 Å². The number of ether oxygens (including phenoxy) is 1. The van der Waals surface area contributed by atoms with Crippen LogP contribution < -0.4 is 10.6 Å². The lowest BCUT2D eigenvalue weighted by Gasteiger charge is -2.08. The Balaban J connectivity index is 1.43. The molecule has 0 atom stereocenters. The second kappa shape index (κ2) is 7.97. The Morgan fingerprint density at radius 1 is 1.16 bits per heavy atom. The zero-order chi connectivity index (χ0) is 22.2. The molecule has 162 valence electrons. The number of methoxy groups -OCH3 is 1. The molecule has 0 spiro atoms. The number of hydrogen-bond acceptors (Lipinski definition) is 6. The summed E-state index contributed by atoms with van der Waals surface area (Å²) in [5.41, 5.74) is 3.59. The molecule has 1 aliphatic carbocycles. The number of nitrogens with zero attached hydrogens (tertiary/aromatic N) is 1. The molecule has 8 nitrogen and oxygen atoms in total. The predicted molar refractivity (Wildman–Crippen MR) is 122 cm³/mol. The van der Waals surface area contributed by atoms with Gasteiger partial charge >= 0.3 is 5.97 Å². The summed E-state index contributed by atoms with van der Waals surface area (Å²) in [7, 11) is 1.32. The van der Waals surface area contributed by atoms with E-state index in [1.807, 2.05) is 30.3 Å². The molecule has 2 aromatic carbocycles. The van der Waals surface area contributed by atoms with Crippen molar-refractivity contribution in [1.82, 2.24) is 15.3 Å². The van der Waals surface area contributed by atoms with Crippen molar-refractivity contribution in [1.29, 1.82) is 0 Å². The third kappa shape index (κ3) is 3.88. The molecule has 2 heterocycles. The van der Waals surface area contributed by atoms with Gasteiger partial charge in [-0.15, -0.1) is 0 Å². The quantitative estimate of drug-likeness (QED) is 0.348. The van der Waals surface area contributed by atoms with Crippen LogP contribution in [0, 0.1) is 0 Å². The Bertz CT molecular complexity index is 1360. The van der Waals surface area contributed by atoms with Gasteiger partial charge in [-0.05, 0) is 49.2 Å². The van der Waals surface area contributed by atoms with E-state index in [0.29, 0.717) is 40.6 Å². The highest BCUT2D eigenvalue weighted by Crippen LogP contribution is 2.37. The number of anilines is 1. The number of esters is 1. The van der Waals surface area contributed by atoms with Crippen molar-refractivity contribution in [3.63, 3.8) is 0 Å². The van der Waals surface area contributed by atoms with Gasteiger partial charge < -0.3 is 25.5 Å². The van der Waals surface area contributed by atoms with Crippen molar-refractivity contribution in [2.45, 2.75) is 18.9 Å². The van der Waals surface area contributed by atoms with E-state index in [-0.39, 0.29) is 11.8 Å². The molecule has 1 saturated carbocycles. The number of carbonyl (C=O) groups excluding carboxylic acids is 2. The van der Waals surface area contributed by atoms with Crippen LogP contribution in [0.5, 0.6) is 5.88 Å². The maximum atomic E-state index is 12.1. The van der Waals surface area contributed by atoms with Gasteiger partial charge in [0.15, 0.2) is 5.88 Å². The SMILES string of the molecule is COC(=O)c1ccc2c(-c3ccc4cc(NC(=O)CNC5CC5)ccc4n3)c(O)[nH]c2c1. The van der Waals surface area contributed by atoms with E-state index in [9.17, 15) is 14.7 Å². The minimum absolute atomic E-state index is 0.0269. The maximum absolute atomic E-state index is 12.1. The number of aromatic hydroxyl groups is 1. The Kier molecular flexibility index (Phi) is 4.99. The van der Waals surface area contributed by atoms with Crippen LogP contribution in [0.4, 0.5) is 5.69 Å². The topological polar surface area (TPSA) is 116 Å². The minimum atomic E-state index is -0.447. The summed E-state index contributed by atoms with van der Waals surface area (Å²) in [6.07, 6.45) is 2.27. The maximum Gasteiger partial charge on any atom is 0.337 e. The van der Waals surface area contributed by atoms with Gasteiger partial charge in [0.25, 0.3) is 0 Å². The molecule has 5 rings (SSSR count). The molecule has 1 fully saturated rings. The molecule has 0 aliphatic heterocycles. The highest BCUT2D eigenvalue weighted by atomic mass is 16.5. The number of pyridine rings is 1. The van der Waals surface area contributed by atoms with Crippen molar-refractivity contribution < 1.29 is 19.4 Å². The van der Waals surface area contributed by atoms with Crippen molar-refractivity contribution in [2.24, 2.45) is 0 Å². The molecular formula is C24H22N4O4. The monoisotopic (exact) mass is 430 g/mol. The predicted octanol–water partition coefficient (Wildman–Crippen LogP) is 3.57. The summed E-state index contributed by atoms with van der Waals surface area (Å²) >= 11 is 0. The lowest BCUT2D eigenvalue weighted by molar-refractivity contribution is -0.115. The fraction of sp³-hybridized carbons (Fsp3) is 0.208. The van der Waals surface area contributed by atoms with Crippen molar-refractivity contribution in [3.05, 3.63) is 54.1 Å². The third-order valence-corrected chi connectivity index (χ3v) is 5.56. The number of nitrogens with one attached hydrogen (secondary N) is 3.